The SMILES string of the molecule is CC(C)(CCn1ccnc1)NC(C)(O)c1ccc(OCc2ccccc2)c(N)c1. The first kappa shape index (κ1) is 20.9. The fraction of sp³-hybridized carbons (Fsp3) is 0.348. The van der Waals surface area contributed by atoms with Gasteiger partial charge in [0.1, 0.15) is 18.1 Å². The summed E-state index contributed by atoms with van der Waals surface area (Å²) in [5.74, 6) is 0.604. The molecule has 1 heterocycles. The highest BCUT2D eigenvalue weighted by atomic mass is 16.5. The zero-order chi connectivity index (χ0) is 20.9. The molecule has 6 nitrogen and oxygen atoms in total. The molecule has 1 aromatic heterocycles. The number of ether oxygens (including phenoxy) is 1. The van der Waals surface area contributed by atoms with Crippen LogP contribution < -0.4 is 15.8 Å². The number of rotatable bonds is 9. The van der Waals surface area contributed by atoms with Gasteiger partial charge in [0.05, 0.1) is 12.0 Å². The lowest BCUT2D eigenvalue weighted by atomic mass is 9.95. The number of imidazole rings is 1. The van der Waals surface area contributed by atoms with Crippen LogP contribution in [0.3, 0.4) is 0 Å². The van der Waals surface area contributed by atoms with Crippen molar-refractivity contribution in [3.63, 3.8) is 0 Å². The van der Waals surface area contributed by atoms with Crippen molar-refractivity contribution < 1.29 is 9.84 Å². The van der Waals surface area contributed by atoms with E-state index < -0.39 is 5.72 Å². The maximum Gasteiger partial charge on any atom is 0.142 e. The Balaban J connectivity index is 1.64. The molecule has 6 heteroatoms. The topological polar surface area (TPSA) is 85.3 Å². The lowest BCUT2D eigenvalue weighted by molar-refractivity contribution is -0.00999. The molecule has 0 saturated carbocycles. The van der Waals surface area contributed by atoms with Crippen molar-refractivity contribution in [3.05, 3.63) is 78.4 Å². The minimum atomic E-state index is -1.23. The largest absolute Gasteiger partial charge is 0.487 e. The molecule has 0 fully saturated rings. The average molecular weight is 395 g/mol. The average Bonchev–Trinajstić information content (AvgIpc) is 3.19. The minimum absolute atomic E-state index is 0.301. The third kappa shape index (κ3) is 5.82. The van der Waals surface area contributed by atoms with E-state index in [0.29, 0.717) is 23.6 Å². The van der Waals surface area contributed by atoms with E-state index in [1.165, 1.54) is 0 Å². The lowest BCUT2D eigenvalue weighted by Crippen LogP contribution is -2.52. The van der Waals surface area contributed by atoms with Crippen molar-refractivity contribution in [2.24, 2.45) is 0 Å². The van der Waals surface area contributed by atoms with E-state index in [9.17, 15) is 5.11 Å². The van der Waals surface area contributed by atoms with E-state index in [2.05, 4.69) is 24.1 Å². The quantitative estimate of drug-likeness (QED) is 0.381. The molecular weight excluding hydrogens is 364 g/mol. The Labute approximate surface area is 172 Å². The van der Waals surface area contributed by atoms with Crippen LogP contribution in [0.15, 0.2) is 67.3 Å². The molecule has 4 N–H and O–H groups in total. The van der Waals surface area contributed by atoms with Crippen LogP contribution in [-0.2, 0) is 18.9 Å². The highest BCUT2D eigenvalue weighted by molar-refractivity contribution is 5.55. The summed E-state index contributed by atoms with van der Waals surface area (Å²) in [6.45, 7) is 7.13. The molecule has 3 aromatic rings. The number of nitrogens with zero attached hydrogens (tertiary/aromatic N) is 2. The van der Waals surface area contributed by atoms with Gasteiger partial charge in [-0.3, -0.25) is 5.32 Å². The van der Waals surface area contributed by atoms with Crippen molar-refractivity contribution in [1.29, 1.82) is 0 Å². The zero-order valence-corrected chi connectivity index (χ0v) is 17.3. The first-order valence-corrected chi connectivity index (χ1v) is 9.79. The number of aryl methyl sites for hydroxylation is 1. The second-order valence-electron chi connectivity index (χ2n) is 8.16. The number of aromatic nitrogens is 2. The van der Waals surface area contributed by atoms with Gasteiger partial charge < -0.3 is 20.1 Å². The van der Waals surface area contributed by atoms with E-state index in [0.717, 1.165) is 18.5 Å². The fourth-order valence-corrected chi connectivity index (χ4v) is 3.34. The highest BCUT2D eigenvalue weighted by Gasteiger charge is 2.31. The molecule has 0 aliphatic rings. The fourth-order valence-electron chi connectivity index (χ4n) is 3.34. The number of aliphatic hydroxyl groups is 1. The van der Waals surface area contributed by atoms with E-state index >= 15 is 0 Å². The predicted octanol–water partition coefficient (Wildman–Crippen LogP) is 3.67. The maximum absolute atomic E-state index is 11.1. The number of benzene rings is 2. The van der Waals surface area contributed by atoms with E-state index in [1.54, 1.807) is 25.5 Å². The Morgan fingerprint density at radius 2 is 1.90 bits per heavy atom. The number of nitrogens with one attached hydrogen (secondary N) is 1. The summed E-state index contributed by atoms with van der Waals surface area (Å²) in [7, 11) is 0. The molecule has 3 rings (SSSR count). The molecule has 0 spiro atoms. The van der Waals surface area contributed by atoms with E-state index in [-0.39, 0.29) is 5.54 Å². The van der Waals surface area contributed by atoms with Gasteiger partial charge in [-0.15, -0.1) is 0 Å². The molecule has 154 valence electrons. The second kappa shape index (κ2) is 8.68. The monoisotopic (exact) mass is 394 g/mol. The van der Waals surface area contributed by atoms with E-state index in [4.69, 9.17) is 10.5 Å². The smallest absolute Gasteiger partial charge is 0.142 e. The molecular formula is C23H30N4O2. The van der Waals surface area contributed by atoms with Gasteiger partial charge in [-0.05, 0) is 44.9 Å². The van der Waals surface area contributed by atoms with Crippen molar-refractivity contribution in [1.82, 2.24) is 14.9 Å². The number of nitrogens with two attached hydrogens (primary N) is 1. The van der Waals surface area contributed by atoms with Gasteiger partial charge in [0, 0.05) is 30.0 Å². The normalized spacial score (nSPS) is 13.8. The third-order valence-electron chi connectivity index (χ3n) is 4.95. The first-order chi connectivity index (χ1) is 13.8. The lowest BCUT2D eigenvalue weighted by Gasteiger charge is -2.36. The van der Waals surface area contributed by atoms with E-state index in [1.807, 2.05) is 53.2 Å². The molecule has 0 saturated heterocycles. The number of hydrogen-bond donors (Lipinski definition) is 3. The summed E-state index contributed by atoms with van der Waals surface area (Å²) in [5, 5.41) is 14.4. The van der Waals surface area contributed by atoms with Crippen LogP contribution in [0.1, 0.15) is 38.3 Å². The Bertz CT molecular complexity index is 906. The third-order valence-corrected chi connectivity index (χ3v) is 4.95. The van der Waals surface area contributed by atoms with Crippen LogP contribution in [0.25, 0.3) is 0 Å². The molecule has 29 heavy (non-hydrogen) atoms. The summed E-state index contributed by atoms with van der Waals surface area (Å²) in [6.07, 6.45) is 6.32. The predicted molar refractivity (Wildman–Crippen MR) is 115 cm³/mol. The maximum atomic E-state index is 11.1. The van der Waals surface area contributed by atoms with Gasteiger partial charge in [-0.1, -0.05) is 36.4 Å². The molecule has 1 atom stereocenters. The molecule has 1 unspecified atom stereocenters. The van der Waals surface area contributed by atoms with Crippen LogP contribution in [0.2, 0.25) is 0 Å². The number of nitrogen functional groups attached to an aromatic ring is 1. The summed E-state index contributed by atoms with van der Waals surface area (Å²) < 4.78 is 7.86. The van der Waals surface area contributed by atoms with Gasteiger partial charge in [-0.2, -0.15) is 0 Å². The zero-order valence-electron chi connectivity index (χ0n) is 17.3. The number of hydrogen-bond acceptors (Lipinski definition) is 5. The Hall–Kier alpha value is -2.83. The molecule has 0 amide bonds. The van der Waals surface area contributed by atoms with Crippen molar-refractivity contribution in [2.75, 3.05) is 5.73 Å². The van der Waals surface area contributed by atoms with Crippen LogP contribution in [0.5, 0.6) is 5.75 Å². The van der Waals surface area contributed by atoms with Crippen molar-refractivity contribution in [3.8, 4) is 5.75 Å². The van der Waals surface area contributed by atoms with Crippen LogP contribution in [0.4, 0.5) is 5.69 Å². The summed E-state index contributed by atoms with van der Waals surface area (Å²) in [4.78, 5) is 4.06. The summed E-state index contributed by atoms with van der Waals surface area (Å²) in [6, 6.07) is 15.3. The van der Waals surface area contributed by atoms with Crippen molar-refractivity contribution in [2.45, 2.75) is 51.6 Å². The Kier molecular flexibility index (Phi) is 6.25. The van der Waals surface area contributed by atoms with Gasteiger partial charge in [0.2, 0.25) is 0 Å². The molecule has 0 aliphatic carbocycles. The molecule has 0 bridgehead atoms. The van der Waals surface area contributed by atoms with Crippen LogP contribution >= 0.6 is 0 Å². The van der Waals surface area contributed by atoms with Gasteiger partial charge in [0.25, 0.3) is 0 Å². The van der Waals surface area contributed by atoms with Gasteiger partial charge >= 0.3 is 0 Å². The standard InChI is InChI=1S/C23H30N4O2/c1-22(2,11-13-27-14-12-25-17-27)26-23(3,28)19-9-10-21(20(24)15-19)29-16-18-7-5-4-6-8-18/h4-10,12,14-15,17,26,28H,11,13,16,24H2,1-3H3. The summed E-state index contributed by atoms with van der Waals surface area (Å²) >= 11 is 0. The Morgan fingerprint density at radius 3 is 2.55 bits per heavy atom. The first-order valence-electron chi connectivity index (χ1n) is 9.79. The Morgan fingerprint density at radius 1 is 1.14 bits per heavy atom. The van der Waals surface area contributed by atoms with Gasteiger partial charge in [0.15, 0.2) is 0 Å². The van der Waals surface area contributed by atoms with Crippen LogP contribution in [0, 0.1) is 0 Å². The molecule has 2 aromatic carbocycles. The minimum Gasteiger partial charge on any atom is -0.487 e. The van der Waals surface area contributed by atoms with Gasteiger partial charge in [-0.25, -0.2) is 4.98 Å². The number of anilines is 1. The molecule has 0 aliphatic heterocycles. The highest BCUT2D eigenvalue weighted by Crippen LogP contribution is 2.30. The van der Waals surface area contributed by atoms with Crippen molar-refractivity contribution >= 4 is 5.69 Å². The van der Waals surface area contributed by atoms with Crippen LogP contribution in [-0.4, -0.2) is 20.2 Å². The second-order valence-corrected chi connectivity index (χ2v) is 8.16. The molecule has 0 radical (unpaired) electrons. The summed E-state index contributed by atoms with van der Waals surface area (Å²) in [5.41, 5.74) is 6.93.